The molecule has 0 amide bonds. The van der Waals surface area contributed by atoms with E-state index in [4.69, 9.17) is 9.47 Å². The van der Waals surface area contributed by atoms with Gasteiger partial charge in [-0.25, -0.2) is 4.79 Å². The topological polar surface area (TPSA) is 35.5 Å². The highest BCUT2D eigenvalue weighted by molar-refractivity contribution is 5.81. The van der Waals surface area contributed by atoms with Crippen LogP contribution in [0.2, 0.25) is 0 Å². The second kappa shape index (κ2) is 6.24. The Hall–Kier alpha value is -1.25. The molecule has 0 fully saturated rings. The zero-order valence-electron chi connectivity index (χ0n) is 9.08. The normalized spacial score (nSPS) is 11.4. The first-order valence-corrected chi connectivity index (χ1v) is 4.70. The highest BCUT2D eigenvalue weighted by Gasteiger charge is 2.21. The molecule has 0 aliphatic rings. The van der Waals surface area contributed by atoms with Crippen molar-refractivity contribution in [2.24, 2.45) is 0 Å². The molecule has 14 heavy (non-hydrogen) atoms. The van der Waals surface area contributed by atoms with Crippen LogP contribution >= 0.6 is 0 Å². The average Bonchev–Trinajstić information content (AvgIpc) is 2.12. The van der Waals surface area contributed by atoms with Gasteiger partial charge in [0.05, 0.1) is 6.26 Å². The van der Waals surface area contributed by atoms with Gasteiger partial charge in [0.2, 0.25) is 5.79 Å². The van der Waals surface area contributed by atoms with Crippen LogP contribution < -0.4 is 0 Å². The molecule has 3 nitrogen and oxygen atoms in total. The largest absolute Gasteiger partial charge is 0.461 e. The Morgan fingerprint density at radius 3 is 2.64 bits per heavy atom. The van der Waals surface area contributed by atoms with Crippen molar-refractivity contribution < 1.29 is 14.3 Å². The Labute approximate surface area is 85.4 Å². The molecule has 0 atom stereocenters. The molecule has 80 valence electrons. The van der Waals surface area contributed by atoms with E-state index in [2.05, 4.69) is 13.5 Å². The third kappa shape index (κ3) is 6.29. The molecule has 0 saturated carbocycles. The average molecular weight is 198 g/mol. The summed E-state index contributed by atoms with van der Waals surface area (Å²) in [6.45, 7) is 8.73. The molecule has 0 rings (SSSR count). The zero-order valence-corrected chi connectivity index (χ0v) is 9.08. The molecule has 0 bridgehead atoms. The number of ether oxygens (including phenoxy) is 2. The molecule has 0 saturated heterocycles. The molecular weight excluding hydrogens is 180 g/mol. The van der Waals surface area contributed by atoms with Gasteiger partial charge in [-0.05, 0) is 12.5 Å². The van der Waals surface area contributed by atoms with Crippen molar-refractivity contribution in [3.63, 3.8) is 0 Å². The Kier molecular flexibility index (Phi) is 5.68. The van der Waals surface area contributed by atoms with Crippen LogP contribution in [0.3, 0.4) is 0 Å². The Morgan fingerprint density at radius 2 is 2.14 bits per heavy atom. The maximum Gasteiger partial charge on any atom is 0.333 e. The van der Waals surface area contributed by atoms with Crippen LogP contribution in [0.15, 0.2) is 25.0 Å². The number of hydrogen-bond donors (Lipinski definition) is 0. The van der Waals surface area contributed by atoms with Crippen LogP contribution in [0.25, 0.3) is 0 Å². The summed E-state index contributed by atoms with van der Waals surface area (Å²) in [5.41, 5.74) is 0. The molecule has 3 heteroatoms. The van der Waals surface area contributed by atoms with Gasteiger partial charge in [0.1, 0.15) is 0 Å². The number of rotatable bonds is 6. The molecule has 0 radical (unpaired) electrons. The molecule has 0 aliphatic carbocycles. The van der Waals surface area contributed by atoms with E-state index in [0.29, 0.717) is 0 Å². The third-order valence-electron chi connectivity index (χ3n) is 1.42. The molecule has 0 unspecified atom stereocenters. The molecule has 0 aromatic heterocycles. The van der Waals surface area contributed by atoms with E-state index in [1.807, 2.05) is 6.08 Å². The number of unbranched alkanes of at least 4 members (excludes halogenated alkanes) is 1. The SMILES string of the molecule is C=CC(=O)OC(C)(C)OC=CCCC. The van der Waals surface area contributed by atoms with Gasteiger partial charge in [-0.2, -0.15) is 0 Å². The van der Waals surface area contributed by atoms with E-state index in [9.17, 15) is 4.79 Å². The molecule has 0 N–H and O–H groups in total. The minimum atomic E-state index is -0.935. The lowest BCUT2D eigenvalue weighted by Gasteiger charge is -2.23. The first kappa shape index (κ1) is 12.8. The van der Waals surface area contributed by atoms with E-state index in [0.717, 1.165) is 18.9 Å². The van der Waals surface area contributed by atoms with Crippen LogP contribution in [0.4, 0.5) is 0 Å². The summed E-state index contributed by atoms with van der Waals surface area (Å²) in [7, 11) is 0. The second-order valence-electron chi connectivity index (χ2n) is 3.30. The lowest BCUT2D eigenvalue weighted by atomic mass is 10.3. The zero-order chi connectivity index (χ0) is 11.0. The van der Waals surface area contributed by atoms with Crippen molar-refractivity contribution in [2.75, 3.05) is 0 Å². The predicted octanol–water partition coefficient (Wildman–Crippen LogP) is 2.78. The van der Waals surface area contributed by atoms with E-state index < -0.39 is 11.8 Å². The molecule has 0 aromatic carbocycles. The quantitative estimate of drug-likeness (QED) is 0.285. The van der Waals surface area contributed by atoms with Crippen LogP contribution in [0.5, 0.6) is 0 Å². The first-order valence-electron chi connectivity index (χ1n) is 4.70. The van der Waals surface area contributed by atoms with Crippen molar-refractivity contribution in [3.05, 3.63) is 25.0 Å². The summed E-state index contributed by atoms with van der Waals surface area (Å²) in [6, 6.07) is 0. The van der Waals surface area contributed by atoms with Crippen LogP contribution in [-0.4, -0.2) is 11.8 Å². The number of carbonyl (C=O) groups is 1. The second-order valence-corrected chi connectivity index (χ2v) is 3.30. The van der Waals surface area contributed by atoms with E-state index in [1.54, 1.807) is 20.1 Å². The van der Waals surface area contributed by atoms with Gasteiger partial charge in [-0.3, -0.25) is 0 Å². The summed E-state index contributed by atoms with van der Waals surface area (Å²) in [5, 5.41) is 0. The lowest BCUT2D eigenvalue weighted by molar-refractivity contribution is -0.191. The summed E-state index contributed by atoms with van der Waals surface area (Å²) in [6.07, 6.45) is 6.57. The van der Waals surface area contributed by atoms with Crippen molar-refractivity contribution in [1.29, 1.82) is 0 Å². The Morgan fingerprint density at radius 1 is 1.50 bits per heavy atom. The first-order chi connectivity index (χ1) is 6.52. The maximum absolute atomic E-state index is 10.9. The van der Waals surface area contributed by atoms with Crippen molar-refractivity contribution in [1.82, 2.24) is 0 Å². The van der Waals surface area contributed by atoms with Gasteiger partial charge in [-0.15, -0.1) is 0 Å². The van der Waals surface area contributed by atoms with Gasteiger partial charge < -0.3 is 9.47 Å². The lowest BCUT2D eigenvalue weighted by Crippen LogP contribution is -2.28. The van der Waals surface area contributed by atoms with Crippen LogP contribution in [0.1, 0.15) is 33.6 Å². The van der Waals surface area contributed by atoms with Gasteiger partial charge in [0, 0.05) is 19.9 Å². The van der Waals surface area contributed by atoms with E-state index in [1.165, 1.54) is 0 Å². The van der Waals surface area contributed by atoms with Gasteiger partial charge in [0.15, 0.2) is 0 Å². The smallest absolute Gasteiger partial charge is 0.333 e. The summed E-state index contributed by atoms with van der Waals surface area (Å²) in [5.74, 6) is -1.42. The van der Waals surface area contributed by atoms with Crippen LogP contribution in [0, 0.1) is 0 Å². The predicted molar refractivity (Wildman–Crippen MR) is 55.5 cm³/mol. The Bertz CT molecular complexity index is 217. The fourth-order valence-corrected chi connectivity index (χ4v) is 0.755. The van der Waals surface area contributed by atoms with Crippen molar-refractivity contribution >= 4 is 5.97 Å². The maximum atomic E-state index is 10.9. The monoisotopic (exact) mass is 198 g/mol. The molecule has 0 aliphatic heterocycles. The Balaban J connectivity index is 3.94. The molecule has 0 aromatic rings. The summed E-state index contributed by atoms with van der Waals surface area (Å²) < 4.78 is 10.2. The standard InChI is InChI=1S/C11H18O3/c1-5-7-8-9-13-11(3,4)14-10(12)6-2/h6,8-9H,2,5,7H2,1,3-4H3. The fraction of sp³-hybridized carbons (Fsp3) is 0.545. The fourth-order valence-electron chi connectivity index (χ4n) is 0.755. The minimum Gasteiger partial charge on any atom is -0.461 e. The van der Waals surface area contributed by atoms with Crippen molar-refractivity contribution in [2.45, 2.75) is 39.4 Å². The van der Waals surface area contributed by atoms with Gasteiger partial charge in [0.25, 0.3) is 0 Å². The van der Waals surface area contributed by atoms with Gasteiger partial charge in [-0.1, -0.05) is 19.9 Å². The van der Waals surface area contributed by atoms with E-state index in [-0.39, 0.29) is 0 Å². The number of esters is 1. The van der Waals surface area contributed by atoms with Crippen LogP contribution in [-0.2, 0) is 14.3 Å². The minimum absolute atomic E-state index is 0.487. The summed E-state index contributed by atoms with van der Waals surface area (Å²) in [4.78, 5) is 10.9. The molecule has 0 spiro atoms. The summed E-state index contributed by atoms with van der Waals surface area (Å²) >= 11 is 0. The highest BCUT2D eigenvalue weighted by Crippen LogP contribution is 2.12. The highest BCUT2D eigenvalue weighted by atomic mass is 16.7. The number of carbonyl (C=O) groups excluding carboxylic acids is 1. The molecular formula is C11H18O3. The van der Waals surface area contributed by atoms with Gasteiger partial charge >= 0.3 is 5.97 Å². The number of hydrogen-bond acceptors (Lipinski definition) is 3. The molecule has 0 heterocycles. The number of allylic oxidation sites excluding steroid dienone is 1. The van der Waals surface area contributed by atoms with Crippen molar-refractivity contribution in [3.8, 4) is 0 Å². The third-order valence-corrected chi connectivity index (χ3v) is 1.42. The van der Waals surface area contributed by atoms with E-state index >= 15 is 0 Å².